The SMILES string of the molecule is O=C(CN(C(=O)c1cnn([C@H]2CC[C@H](C(=O)O)CC2)c1C(F)(F)F)C1CCC2(CC1)CC2)c1c(Cl)cncc1Cl. The Labute approximate surface area is 238 Å². The molecule has 13 heteroatoms. The molecule has 8 nitrogen and oxygen atoms in total. The van der Waals surface area contributed by atoms with Crippen LogP contribution < -0.4 is 0 Å². The number of rotatable bonds is 7. The van der Waals surface area contributed by atoms with Crippen molar-refractivity contribution in [2.45, 2.75) is 82.5 Å². The summed E-state index contributed by atoms with van der Waals surface area (Å²) in [6.45, 7) is -0.494. The second-order valence-corrected chi connectivity index (χ2v) is 12.1. The molecular formula is C27H29Cl2F3N4O4. The molecule has 2 heterocycles. The Morgan fingerprint density at radius 1 is 0.975 bits per heavy atom. The number of nitrogens with zero attached hydrogens (tertiary/aromatic N) is 4. The van der Waals surface area contributed by atoms with Crippen LogP contribution in [-0.4, -0.2) is 55.0 Å². The van der Waals surface area contributed by atoms with Crippen molar-refractivity contribution in [1.82, 2.24) is 19.7 Å². The Kier molecular flexibility index (Phi) is 7.91. The Morgan fingerprint density at radius 3 is 2.10 bits per heavy atom. The summed E-state index contributed by atoms with van der Waals surface area (Å²) in [7, 11) is 0. The summed E-state index contributed by atoms with van der Waals surface area (Å²) in [5, 5.41) is 13.2. The van der Waals surface area contributed by atoms with E-state index in [0.717, 1.165) is 36.6 Å². The molecule has 2 aromatic heterocycles. The van der Waals surface area contributed by atoms with Crippen molar-refractivity contribution in [3.05, 3.63) is 45.5 Å². The van der Waals surface area contributed by atoms with E-state index >= 15 is 0 Å². The van der Waals surface area contributed by atoms with Crippen molar-refractivity contribution in [2.75, 3.05) is 6.54 Å². The quantitative estimate of drug-likeness (QED) is 0.365. The van der Waals surface area contributed by atoms with Crippen LogP contribution >= 0.6 is 23.2 Å². The molecule has 2 aromatic rings. The van der Waals surface area contributed by atoms with Gasteiger partial charge in [-0.25, -0.2) is 0 Å². The fourth-order valence-corrected chi connectivity index (χ4v) is 6.86. The van der Waals surface area contributed by atoms with E-state index in [1.165, 1.54) is 17.3 Å². The monoisotopic (exact) mass is 600 g/mol. The molecule has 0 radical (unpaired) electrons. The van der Waals surface area contributed by atoms with Crippen LogP contribution in [-0.2, 0) is 11.0 Å². The number of aromatic nitrogens is 3. The van der Waals surface area contributed by atoms with Gasteiger partial charge in [-0.15, -0.1) is 0 Å². The maximum atomic E-state index is 14.5. The molecule has 0 atom stereocenters. The van der Waals surface area contributed by atoms with E-state index in [4.69, 9.17) is 23.2 Å². The standard InChI is InChI=1S/C27H29Cl2F3N4O4/c28-19-12-33-13-20(29)22(19)21(37)14-35(16-5-7-26(8-6-16)9-10-26)24(38)18-11-34-36(23(18)27(30,31)32)17-3-1-15(2-4-17)25(39)40/h11-13,15-17H,1-10,14H2,(H,39,40)/t15-,17-. The zero-order valence-electron chi connectivity index (χ0n) is 21.6. The van der Waals surface area contributed by atoms with Crippen LogP contribution in [0.3, 0.4) is 0 Å². The van der Waals surface area contributed by atoms with Crippen molar-refractivity contribution < 1.29 is 32.7 Å². The zero-order valence-corrected chi connectivity index (χ0v) is 23.1. The maximum absolute atomic E-state index is 14.5. The van der Waals surface area contributed by atoms with Gasteiger partial charge in [-0.3, -0.25) is 24.0 Å². The van der Waals surface area contributed by atoms with Crippen molar-refractivity contribution in [3.63, 3.8) is 0 Å². The summed E-state index contributed by atoms with van der Waals surface area (Å²) in [6.07, 6.45) is 4.37. The van der Waals surface area contributed by atoms with Crippen molar-refractivity contribution in [3.8, 4) is 0 Å². The number of amides is 1. The number of Topliss-reactive ketones (excluding diaryl/α,β-unsaturated/α-hetero) is 1. The highest BCUT2D eigenvalue weighted by Gasteiger charge is 2.48. The minimum atomic E-state index is -4.90. The maximum Gasteiger partial charge on any atom is 0.433 e. The summed E-state index contributed by atoms with van der Waals surface area (Å²) < 4.78 is 44.3. The first-order valence-corrected chi connectivity index (χ1v) is 14.2. The highest BCUT2D eigenvalue weighted by atomic mass is 35.5. The first-order valence-electron chi connectivity index (χ1n) is 13.4. The lowest BCUT2D eigenvalue weighted by atomic mass is 9.82. The molecule has 216 valence electrons. The second kappa shape index (κ2) is 11.0. The van der Waals surface area contributed by atoms with E-state index in [2.05, 4.69) is 10.1 Å². The third kappa shape index (κ3) is 5.72. The number of carboxylic acids is 1. The van der Waals surface area contributed by atoms with E-state index in [1.807, 2.05) is 0 Å². The lowest BCUT2D eigenvalue weighted by Gasteiger charge is -2.37. The summed E-state index contributed by atoms with van der Waals surface area (Å²) in [4.78, 5) is 43.7. The topological polar surface area (TPSA) is 105 Å². The van der Waals surface area contributed by atoms with Gasteiger partial charge in [-0.2, -0.15) is 18.3 Å². The number of carboxylic acid groups (broad SMARTS) is 1. The Bertz CT molecular complexity index is 1290. The summed E-state index contributed by atoms with van der Waals surface area (Å²) in [6, 6.07) is -1.12. The minimum absolute atomic E-state index is 0.00811. The van der Waals surface area contributed by atoms with E-state index in [-0.39, 0.29) is 46.7 Å². The van der Waals surface area contributed by atoms with Gasteiger partial charge in [0.25, 0.3) is 5.91 Å². The molecule has 40 heavy (non-hydrogen) atoms. The molecule has 3 fully saturated rings. The third-order valence-electron chi connectivity index (χ3n) is 8.81. The summed E-state index contributed by atoms with van der Waals surface area (Å²) in [5.74, 6) is -3.10. The average molecular weight is 601 g/mol. The highest BCUT2D eigenvalue weighted by molar-refractivity contribution is 6.39. The van der Waals surface area contributed by atoms with Gasteiger partial charge >= 0.3 is 12.1 Å². The van der Waals surface area contributed by atoms with E-state index in [9.17, 15) is 32.7 Å². The third-order valence-corrected chi connectivity index (χ3v) is 9.38. The molecule has 1 spiro atoms. The molecule has 1 amide bonds. The summed E-state index contributed by atoms with van der Waals surface area (Å²) >= 11 is 12.3. The lowest BCUT2D eigenvalue weighted by Crippen LogP contribution is -2.46. The number of carbonyl (C=O) groups excluding carboxylic acids is 2. The number of carbonyl (C=O) groups is 3. The van der Waals surface area contributed by atoms with E-state index < -0.39 is 59.6 Å². The van der Waals surface area contributed by atoms with Gasteiger partial charge in [0.2, 0.25) is 0 Å². The van der Waals surface area contributed by atoms with Gasteiger partial charge in [0.05, 0.1) is 45.9 Å². The first-order chi connectivity index (χ1) is 18.9. The average Bonchev–Trinajstić information content (AvgIpc) is 3.49. The molecule has 0 aromatic carbocycles. The van der Waals surface area contributed by atoms with Crippen molar-refractivity contribution in [1.29, 1.82) is 0 Å². The molecule has 3 aliphatic carbocycles. The second-order valence-electron chi connectivity index (χ2n) is 11.3. The zero-order chi connectivity index (χ0) is 28.8. The fraction of sp³-hybridized carbons (Fsp3) is 0.593. The van der Waals surface area contributed by atoms with Gasteiger partial charge in [0.1, 0.15) is 0 Å². The normalized spacial score (nSPS) is 22.7. The van der Waals surface area contributed by atoms with Gasteiger partial charge in [-0.05, 0) is 69.6 Å². The van der Waals surface area contributed by atoms with Gasteiger partial charge in [0.15, 0.2) is 11.5 Å². The summed E-state index contributed by atoms with van der Waals surface area (Å²) in [5.41, 5.74) is -1.58. The van der Waals surface area contributed by atoms with Crippen LogP contribution in [0.5, 0.6) is 0 Å². The van der Waals surface area contributed by atoms with Crippen LogP contribution in [0.1, 0.15) is 96.7 Å². The molecular weight excluding hydrogens is 572 g/mol. The number of halogens is 5. The van der Waals surface area contributed by atoms with Crippen LogP contribution in [0.25, 0.3) is 0 Å². The van der Waals surface area contributed by atoms with Gasteiger partial charge < -0.3 is 10.0 Å². The van der Waals surface area contributed by atoms with Crippen LogP contribution in [0.15, 0.2) is 18.6 Å². The number of aliphatic carboxylic acids is 1. The smallest absolute Gasteiger partial charge is 0.433 e. The Balaban J connectivity index is 1.47. The Morgan fingerprint density at radius 2 is 1.57 bits per heavy atom. The van der Waals surface area contributed by atoms with Crippen molar-refractivity contribution in [2.24, 2.45) is 11.3 Å². The molecule has 0 bridgehead atoms. The number of alkyl halides is 3. The molecule has 5 rings (SSSR count). The predicted molar refractivity (Wildman–Crippen MR) is 139 cm³/mol. The van der Waals surface area contributed by atoms with Crippen molar-refractivity contribution >= 4 is 40.9 Å². The number of ketones is 1. The van der Waals surface area contributed by atoms with E-state index in [1.54, 1.807) is 0 Å². The number of hydrogen-bond donors (Lipinski definition) is 1. The molecule has 0 saturated heterocycles. The Hall–Kier alpha value is -2.66. The van der Waals surface area contributed by atoms with Gasteiger partial charge in [0, 0.05) is 18.4 Å². The first kappa shape index (κ1) is 28.9. The number of pyridine rings is 1. The van der Waals surface area contributed by atoms with Crippen LogP contribution in [0, 0.1) is 11.3 Å². The molecule has 3 saturated carbocycles. The molecule has 0 aliphatic heterocycles. The minimum Gasteiger partial charge on any atom is -0.481 e. The van der Waals surface area contributed by atoms with Crippen LogP contribution in [0.2, 0.25) is 10.0 Å². The van der Waals surface area contributed by atoms with Crippen LogP contribution in [0.4, 0.5) is 13.2 Å². The van der Waals surface area contributed by atoms with E-state index in [0.29, 0.717) is 12.8 Å². The number of hydrogen-bond acceptors (Lipinski definition) is 5. The fourth-order valence-electron chi connectivity index (χ4n) is 6.28. The lowest BCUT2D eigenvalue weighted by molar-refractivity contribution is -0.147. The van der Waals surface area contributed by atoms with Gasteiger partial charge in [-0.1, -0.05) is 23.2 Å². The molecule has 3 aliphatic rings. The highest BCUT2D eigenvalue weighted by Crippen LogP contribution is 2.56. The predicted octanol–water partition coefficient (Wildman–Crippen LogP) is 6.47. The largest absolute Gasteiger partial charge is 0.481 e. The molecule has 1 N–H and O–H groups in total. The molecule has 0 unspecified atom stereocenters.